The summed E-state index contributed by atoms with van der Waals surface area (Å²) in [7, 11) is 0. The zero-order valence-corrected chi connectivity index (χ0v) is 11.0. The Balaban J connectivity index is 3.02. The van der Waals surface area contributed by atoms with Gasteiger partial charge in [0.2, 0.25) is 5.91 Å². The number of hydrogen-bond donors (Lipinski definition) is 3. The van der Waals surface area contributed by atoms with Crippen molar-refractivity contribution in [2.45, 2.75) is 26.7 Å². The fourth-order valence-corrected chi connectivity index (χ4v) is 1.76. The fraction of sp³-hybridized carbons (Fsp3) is 0.385. The summed E-state index contributed by atoms with van der Waals surface area (Å²) in [6, 6.07) is 4.13. The van der Waals surface area contributed by atoms with Crippen LogP contribution in [0.3, 0.4) is 0 Å². The number of nitrogens with two attached hydrogens (primary N) is 1. The number of amides is 1. The van der Waals surface area contributed by atoms with Gasteiger partial charge in [-0.15, -0.1) is 0 Å². The molecule has 0 spiro atoms. The molecule has 0 heterocycles. The summed E-state index contributed by atoms with van der Waals surface area (Å²) in [5.41, 5.74) is 5.50. The van der Waals surface area contributed by atoms with Crippen molar-refractivity contribution in [3.05, 3.63) is 29.6 Å². The molecule has 104 valence electrons. The number of halogens is 1. The Hall–Kier alpha value is -2.11. The van der Waals surface area contributed by atoms with Crippen LogP contribution in [-0.4, -0.2) is 17.0 Å². The van der Waals surface area contributed by atoms with Crippen molar-refractivity contribution in [1.82, 2.24) is 0 Å². The highest BCUT2D eigenvalue weighted by Gasteiger charge is 2.17. The molecule has 1 aromatic rings. The van der Waals surface area contributed by atoms with Crippen molar-refractivity contribution in [2.24, 2.45) is 16.8 Å². The lowest BCUT2D eigenvalue weighted by atomic mass is 10.0. The lowest BCUT2D eigenvalue weighted by molar-refractivity contribution is -0.119. The molecule has 1 rings (SSSR count). The molecular formula is C13H18FN3O2. The van der Waals surface area contributed by atoms with Crippen LogP contribution in [0.2, 0.25) is 0 Å². The lowest BCUT2D eigenvalue weighted by Crippen LogP contribution is -2.24. The minimum absolute atomic E-state index is 0.109. The molecule has 1 aromatic carbocycles. The molecule has 6 heteroatoms. The van der Waals surface area contributed by atoms with Crippen molar-refractivity contribution in [3.8, 4) is 0 Å². The molecule has 0 aliphatic heterocycles. The van der Waals surface area contributed by atoms with Gasteiger partial charge >= 0.3 is 0 Å². The van der Waals surface area contributed by atoms with E-state index >= 15 is 0 Å². The third kappa shape index (κ3) is 3.67. The number of oxime groups is 1. The first-order chi connectivity index (χ1) is 9.01. The van der Waals surface area contributed by atoms with Crippen LogP contribution in [0, 0.1) is 11.7 Å². The molecule has 0 radical (unpaired) electrons. The summed E-state index contributed by atoms with van der Waals surface area (Å²) in [6.07, 6.45) is 1.62. The number of benzene rings is 1. The summed E-state index contributed by atoms with van der Waals surface area (Å²) in [5, 5.41) is 14.0. The van der Waals surface area contributed by atoms with Crippen molar-refractivity contribution < 1.29 is 14.4 Å². The maximum absolute atomic E-state index is 13.7. The van der Waals surface area contributed by atoms with Gasteiger partial charge in [0.25, 0.3) is 0 Å². The quantitative estimate of drug-likeness (QED) is 0.331. The molecule has 5 nitrogen and oxygen atoms in total. The molecule has 1 amide bonds. The maximum Gasteiger partial charge on any atom is 0.227 e. The summed E-state index contributed by atoms with van der Waals surface area (Å²) in [4.78, 5) is 11.9. The van der Waals surface area contributed by atoms with Crippen molar-refractivity contribution >= 4 is 17.4 Å². The summed E-state index contributed by atoms with van der Waals surface area (Å²) < 4.78 is 13.7. The van der Waals surface area contributed by atoms with Gasteiger partial charge in [-0.25, -0.2) is 4.39 Å². The highest BCUT2D eigenvalue weighted by atomic mass is 19.1. The Morgan fingerprint density at radius 2 is 2.26 bits per heavy atom. The standard InChI is InChI=1S/C13H18FN3O2/c1-3-5-8(2)13(18)16-10-7-4-6-9(14)11(10)12(15)17-19/h4,6-8,19H,3,5H2,1-2H3,(H2,15,17)(H,16,18). The van der Waals surface area contributed by atoms with Gasteiger partial charge in [0.05, 0.1) is 11.3 Å². The molecule has 0 bridgehead atoms. The zero-order valence-electron chi connectivity index (χ0n) is 11.0. The average Bonchev–Trinajstić information content (AvgIpc) is 2.38. The second kappa shape index (κ2) is 6.72. The van der Waals surface area contributed by atoms with Crippen LogP contribution in [0.5, 0.6) is 0 Å². The predicted molar refractivity (Wildman–Crippen MR) is 71.6 cm³/mol. The Bertz CT molecular complexity index is 489. The van der Waals surface area contributed by atoms with Crippen LogP contribution in [0.25, 0.3) is 0 Å². The normalized spacial score (nSPS) is 13.1. The van der Waals surface area contributed by atoms with Crippen LogP contribution in [0.15, 0.2) is 23.4 Å². The first-order valence-electron chi connectivity index (χ1n) is 6.08. The van der Waals surface area contributed by atoms with Gasteiger partial charge in [-0.05, 0) is 18.6 Å². The molecule has 0 saturated heterocycles. The SMILES string of the molecule is CCCC(C)C(=O)Nc1cccc(F)c1/C(N)=N/O. The lowest BCUT2D eigenvalue weighted by Gasteiger charge is -2.14. The molecule has 0 aliphatic rings. The van der Waals surface area contributed by atoms with Crippen molar-refractivity contribution in [2.75, 3.05) is 5.32 Å². The van der Waals surface area contributed by atoms with Gasteiger partial charge in [0, 0.05) is 5.92 Å². The fourth-order valence-electron chi connectivity index (χ4n) is 1.76. The highest BCUT2D eigenvalue weighted by molar-refractivity contribution is 6.05. The number of carbonyl (C=O) groups is 1. The second-order valence-corrected chi connectivity index (χ2v) is 4.33. The number of nitrogens with one attached hydrogen (secondary N) is 1. The molecule has 1 atom stereocenters. The zero-order chi connectivity index (χ0) is 14.4. The van der Waals surface area contributed by atoms with Gasteiger partial charge in [-0.3, -0.25) is 4.79 Å². The number of amidine groups is 1. The average molecular weight is 267 g/mol. The van der Waals surface area contributed by atoms with E-state index in [4.69, 9.17) is 10.9 Å². The van der Waals surface area contributed by atoms with E-state index in [1.165, 1.54) is 18.2 Å². The summed E-state index contributed by atoms with van der Waals surface area (Å²) in [5.74, 6) is -1.44. The molecule has 0 saturated carbocycles. The number of nitrogens with zero attached hydrogens (tertiary/aromatic N) is 1. The second-order valence-electron chi connectivity index (χ2n) is 4.33. The van der Waals surface area contributed by atoms with Crippen LogP contribution in [0.1, 0.15) is 32.3 Å². The molecule has 19 heavy (non-hydrogen) atoms. The van der Waals surface area contributed by atoms with E-state index in [-0.39, 0.29) is 28.9 Å². The topological polar surface area (TPSA) is 87.7 Å². The van der Waals surface area contributed by atoms with Gasteiger partial charge in [0.15, 0.2) is 5.84 Å². The Morgan fingerprint density at radius 3 is 2.84 bits per heavy atom. The smallest absolute Gasteiger partial charge is 0.227 e. The highest BCUT2D eigenvalue weighted by Crippen LogP contribution is 2.20. The van der Waals surface area contributed by atoms with E-state index in [2.05, 4.69) is 10.5 Å². The first kappa shape index (κ1) is 14.9. The van der Waals surface area contributed by atoms with E-state index in [0.29, 0.717) is 0 Å². The van der Waals surface area contributed by atoms with Crippen molar-refractivity contribution in [1.29, 1.82) is 0 Å². The molecule has 1 unspecified atom stereocenters. The van der Waals surface area contributed by atoms with Gasteiger partial charge in [0.1, 0.15) is 5.82 Å². The van der Waals surface area contributed by atoms with Gasteiger partial charge in [-0.1, -0.05) is 31.5 Å². The van der Waals surface area contributed by atoms with Crippen LogP contribution < -0.4 is 11.1 Å². The maximum atomic E-state index is 13.7. The van der Waals surface area contributed by atoms with E-state index in [9.17, 15) is 9.18 Å². The van der Waals surface area contributed by atoms with Gasteiger partial charge in [-0.2, -0.15) is 0 Å². The Labute approximate surface area is 111 Å². The molecule has 0 aromatic heterocycles. The van der Waals surface area contributed by atoms with E-state index in [0.717, 1.165) is 12.8 Å². The monoisotopic (exact) mass is 267 g/mol. The number of carbonyl (C=O) groups excluding carboxylic acids is 1. The third-order valence-electron chi connectivity index (χ3n) is 2.80. The number of anilines is 1. The number of hydrogen-bond acceptors (Lipinski definition) is 3. The van der Waals surface area contributed by atoms with Crippen LogP contribution >= 0.6 is 0 Å². The van der Waals surface area contributed by atoms with Crippen LogP contribution in [-0.2, 0) is 4.79 Å². The Morgan fingerprint density at radius 1 is 1.58 bits per heavy atom. The van der Waals surface area contributed by atoms with Crippen molar-refractivity contribution in [3.63, 3.8) is 0 Å². The van der Waals surface area contributed by atoms with E-state index < -0.39 is 5.82 Å². The number of rotatable bonds is 5. The summed E-state index contributed by atoms with van der Waals surface area (Å²) in [6.45, 7) is 3.77. The third-order valence-corrected chi connectivity index (χ3v) is 2.80. The van der Waals surface area contributed by atoms with E-state index in [1.807, 2.05) is 6.92 Å². The molecule has 4 N–H and O–H groups in total. The van der Waals surface area contributed by atoms with Crippen LogP contribution in [0.4, 0.5) is 10.1 Å². The van der Waals surface area contributed by atoms with Gasteiger partial charge < -0.3 is 16.3 Å². The largest absolute Gasteiger partial charge is 0.409 e. The predicted octanol–water partition coefficient (Wildman–Crippen LogP) is 2.29. The summed E-state index contributed by atoms with van der Waals surface area (Å²) >= 11 is 0. The first-order valence-corrected chi connectivity index (χ1v) is 6.08. The molecular weight excluding hydrogens is 249 g/mol. The Kier molecular flexibility index (Phi) is 5.29. The molecule has 0 fully saturated rings. The minimum atomic E-state index is -0.656. The molecule has 0 aliphatic carbocycles. The van der Waals surface area contributed by atoms with E-state index in [1.54, 1.807) is 6.92 Å². The minimum Gasteiger partial charge on any atom is -0.409 e.